The molecule has 1 aromatic carbocycles. The summed E-state index contributed by atoms with van der Waals surface area (Å²) in [5, 5.41) is 0. The molecule has 2 rings (SSSR count). The molecule has 0 spiro atoms. The van der Waals surface area contributed by atoms with Crippen molar-refractivity contribution in [2.45, 2.75) is 24.8 Å². The number of hydrogen-bond donors (Lipinski definition) is 1. The molecule has 1 atom stereocenters. The van der Waals surface area contributed by atoms with Gasteiger partial charge in [0.05, 0.1) is 13.7 Å². The molecule has 0 amide bonds. The SMILES string of the molecule is COc1cccc(CC2(N)CCCOC2)c1F. The molecular weight excluding hydrogens is 221 g/mol. The molecule has 1 heterocycles. The Morgan fingerprint density at radius 1 is 1.53 bits per heavy atom. The molecule has 0 aliphatic carbocycles. The monoisotopic (exact) mass is 239 g/mol. The van der Waals surface area contributed by atoms with Crippen molar-refractivity contribution in [3.8, 4) is 5.75 Å². The molecule has 1 saturated heterocycles. The van der Waals surface area contributed by atoms with Gasteiger partial charge in [0.1, 0.15) is 0 Å². The zero-order valence-electron chi connectivity index (χ0n) is 10.0. The first kappa shape index (κ1) is 12.3. The van der Waals surface area contributed by atoms with Crippen LogP contribution in [0.4, 0.5) is 4.39 Å². The van der Waals surface area contributed by atoms with Gasteiger partial charge < -0.3 is 15.2 Å². The number of ether oxygens (including phenoxy) is 2. The van der Waals surface area contributed by atoms with Gasteiger partial charge in [-0.25, -0.2) is 4.39 Å². The van der Waals surface area contributed by atoms with Crippen molar-refractivity contribution in [1.82, 2.24) is 0 Å². The van der Waals surface area contributed by atoms with E-state index in [0.717, 1.165) is 19.4 Å². The highest BCUT2D eigenvalue weighted by Crippen LogP contribution is 2.26. The quantitative estimate of drug-likeness (QED) is 0.876. The molecule has 4 heteroatoms. The summed E-state index contributed by atoms with van der Waals surface area (Å²) in [7, 11) is 1.46. The van der Waals surface area contributed by atoms with Crippen molar-refractivity contribution in [3.05, 3.63) is 29.6 Å². The molecule has 3 nitrogen and oxygen atoms in total. The Morgan fingerprint density at radius 3 is 3.00 bits per heavy atom. The van der Waals surface area contributed by atoms with E-state index in [9.17, 15) is 4.39 Å². The Kier molecular flexibility index (Phi) is 3.64. The van der Waals surface area contributed by atoms with Crippen LogP contribution in [-0.2, 0) is 11.2 Å². The lowest BCUT2D eigenvalue weighted by atomic mass is 9.86. The minimum atomic E-state index is -0.453. The van der Waals surface area contributed by atoms with E-state index in [2.05, 4.69) is 0 Å². The van der Waals surface area contributed by atoms with Crippen molar-refractivity contribution >= 4 is 0 Å². The van der Waals surface area contributed by atoms with E-state index in [4.69, 9.17) is 15.2 Å². The van der Waals surface area contributed by atoms with Crippen molar-refractivity contribution in [1.29, 1.82) is 0 Å². The highest BCUT2D eigenvalue weighted by Gasteiger charge is 2.29. The van der Waals surface area contributed by atoms with E-state index in [-0.39, 0.29) is 11.6 Å². The Morgan fingerprint density at radius 2 is 2.35 bits per heavy atom. The van der Waals surface area contributed by atoms with Gasteiger partial charge in [0.2, 0.25) is 0 Å². The number of halogens is 1. The summed E-state index contributed by atoms with van der Waals surface area (Å²) < 4.78 is 24.3. The first-order valence-corrected chi connectivity index (χ1v) is 5.83. The highest BCUT2D eigenvalue weighted by atomic mass is 19.1. The minimum Gasteiger partial charge on any atom is -0.494 e. The van der Waals surface area contributed by atoms with E-state index in [1.165, 1.54) is 7.11 Å². The van der Waals surface area contributed by atoms with Gasteiger partial charge in [-0.05, 0) is 30.9 Å². The molecule has 1 unspecified atom stereocenters. The zero-order valence-corrected chi connectivity index (χ0v) is 10.0. The van der Waals surface area contributed by atoms with Crippen LogP contribution in [0.15, 0.2) is 18.2 Å². The molecule has 1 fully saturated rings. The van der Waals surface area contributed by atoms with Crippen molar-refractivity contribution in [2.75, 3.05) is 20.3 Å². The number of methoxy groups -OCH3 is 1. The summed E-state index contributed by atoms with van der Waals surface area (Å²) in [4.78, 5) is 0. The minimum absolute atomic E-state index is 0.267. The molecule has 0 radical (unpaired) electrons. The van der Waals surface area contributed by atoms with E-state index in [0.29, 0.717) is 18.6 Å². The molecule has 2 N–H and O–H groups in total. The Balaban J connectivity index is 2.17. The predicted molar refractivity (Wildman–Crippen MR) is 63.6 cm³/mol. The fourth-order valence-electron chi connectivity index (χ4n) is 2.24. The summed E-state index contributed by atoms with van der Waals surface area (Å²) in [6.07, 6.45) is 2.28. The smallest absolute Gasteiger partial charge is 0.168 e. The fourth-order valence-corrected chi connectivity index (χ4v) is 2.24. The second-order valence-electron chi connectivity index (χ2n) is 4.63. The van der Waals surface area contributed by atoms with Crippen LogP contribution in [0.1, 0.15) is 18.4 Å². The van der Waals surface area contributed by atoms with E-state index in [1.54, 1.807) is 18.2 Å². The topological polar surface area (TPSA) is 44.5 Å². The van der Waals surface area contributed by atoms with Gasteiger partial charge in [-0.2, -0.15) is 0 Å². The fraction of sp³-hybridized carbons (Fsp3) is 0.538. The summed E-state index contributed by atoms with van der Waals surface area (Å²) in [6, 6.07) is 5.14. The van der Waals surface area contributed by atoms with Gasteiger partial charge in [0.15, 0.2) is 11.6 Å². The second kappa shape index (κ2) is 5.02. The number of hydrogen-bond acceptors (Lipinski definition) is 3. The third-order valence-electron chi connectivity index (χ3n) is 3.16. The first-order valence-electron chi connectivity index (χ1n) is 5.83. The standard InChI is InChI=1S/C13H18FNO2/c1-16-11-5-2-4-10(12(11)14)8-13(15)6-3-7-17-9-13/h2,4-5H,3,6-9,15H2,1H3. The maximum absolute atomic E-state index is 14.0. The molecule has 0 aromatic heterocycles. The number of nitrogens with two attached hydrogens (primary N) is 1. The maximum atomic E-state index is 14.0. The van der Waals surface area contributed by atoms with Crippen LogP contribution in [0.3, 0.4) is 0 Å². The lowest BCUT2D eigenvalue weighted by Crippen LogP contribution is -2.49. The highest BCUT2D eigenvalue weighted by molar-refractivity contribution is 5.32. The Labute approximate surface area is 101 Å². The maximum Gasteiger partial charge on any atom is 0.168 e. The van der Waals surface area contributed by atoms with E-state index < -0.39 is 5.54 Å². The van der Waals surface area contributed by atoms with Crippen molar-refractivity contribution < 1.29 is 13.9 Å². The van der Waals surface area contributed by atoms with E-state index >= 15 is 0 Å². The second-order valence-corrected chi connectivity index (χ2v) is 4.63. The van der Waals surface area contributed by atoms with Gasteiger partial charge in [0, 0.05) is 12.1 Å². The Bertz CT molecular complexity index is 389. The molecule has 0 bridgehead atoms. The summed E-state index contributed by atoms with van der Waals surface area (Å²) in [5.74, 6) is -0.0479. The molecule has 1 aliphatic heterocycles. The molecule has 0 saturated carbocycles. The third kappa shape index (κ3) is 2.76. The van der Waals surface area contributed by atoms with Gasteiger partial charge in [-0.15, -0.1) is 0 Å². The molecule has 17 heavy (non-hydrogen) atoms. The van der Waals surface area contributed by atoms with E-state index in [1.807, 2.05) is 0 Å². The van der Waals surface area contributed by atoms with Crippen molar-refractivity contribution in [3.63, 3.8) is 0 Å². The van der Waals surface area contributed by atoms with Gasteiger partial charge >= 0.3 is 0 Å². The Hall–Kier alpha value is -1.13. The largest absolute Gasteiger partial charge is 0.494 e. The summed E-state index contributed by atoms with van der Waals surface area (Å²) in [5.41, 5.74) is 6.36. The molecular formula is C13H18FNO2. The summed E-state index contributed by atoms with van der Waals surface area (Å²) >= 11 is 0. The van der Waals surface area contributed by atoms with Crippen LogP contribution in [-0.4, -0.2) is 25.9 Å². The van der Waals surface area contributed by atoms with Gasteiger partial charge in [-0.1, -0.05) is 12.1 Å². The van der Waals surface area contributed by atoms with Crippen LogP contribution in [0.5, 0.6) is 5.75 Å². The average Bonchev–Trinajstić information content (AvgIpc) is 2.32. The zero-order chi connectivity index (χ0) is 12.3. The van der Waals surface area contributed by atoms with Crippen LogP contribution in [0, 0.1) is 5.82 Å². The van der Waals surface area contributed by atoms with Crippen LogP contribution in [0.2, 0.25) is 0 Å². The lowest BCUT2D eigenvalue weighted by Gasteiger charge is -2.33. The van der Waals surface area contributed by atoms with Crippen LogP contribution in [0.25, 0.3) is 0 Å². The molecule has 1 aromatic rings. The summed E-state index contributed by atoms with van der Waals surface area (Å²) in [6.45, 7) is 1.24. The molecule has 94 valence electrons. The van der Waals surface area contributed by atoms with Crippen LogP contribution >= 0.6 is 0 Å². The number of rotatable bonds is 3. The van der Waals surface area contributed by atoms with Gasteiger partial charge in [-0.3, -0.25) is 0 Å². The van der Waals surface area contributed by atoms with Crippen molar-refractivity contribution in [2.24, 2.45) is 5.73 Å². The molecule has 1 aliphatic rings. The lowest BCUT2D eigenvalue weighted by molar-refractivity contribution is 0.0379. The third-order valence-corrected chi connectivity index (χ3v) is 3.16. The normalized spacial score (nSPS) is 24.6. The van der Waals surface area contributed by atoms with Crippen LogP contribution < -0.4 is 10.5 Å². The number of benzene rings is 1. The van der Waals surface area contributed by atoms with Gasteiger partial charge in [0.25, 0.3) is 0 Å². The predicted octanol–water partition coefficient (Wildman–Crippen LogP) is 1.88. The average molecular weight is 239 g/mol. The first-order chi connectivity index (χ1) is 8.14.